The molecule has 2 aromatic rings. The van der Waals surface area contributed by atoms with Gasteiger partial charge in [-0.1, -0.05) is 24.3 Å². The van der Waals surface area contributed by atoms with Crippen LogP contribution in [0.15, 0.2) is 54.6 Å². The van der Waals surface area contributed by atoms with Crippen LogP contribution in [-0.4, -0.2) is 68.7 Å². The second-order valence-electron chi connectivity index (χ2n) is 6.56. The van der Waals surface area contributed by atoms with E-state index in [-0.39, 0.29) is 5.91 Å². The molecule has 0 unspecified atom stereocenters. The van der Waals surface area contributed by atoms with E-state index in [1.54, 1.807) is 7.11 Å². The van der Waals surface area contributed by atoms with E-state index in [1.807, 2.05) is 54.6 Å². The Morgan fingerprint density at radius 1 is 0.963 bits per heavy atom. The van der Waals surface area contributed by atoms with E-state index >= 15 is 0 Å². The number of carbonyl (C=O) groups is 1. The molecule has 1 amide bonds. The molecule has 0 aromatic heterocycles. The molecule has 6 nitrogen and oxygen atoms in total. The van der Waals surface area contributed by atoms with Crippen molar-refractivity contribution in [3.8, 4) is 11.5 Å². The number of nitrogens with one attached hydrogen (secondary N) is 1. The molecule has 144 valence electrons. The maximum absolute atomic E-state index is 12.3. The molecular weight excluding hydrogens is 342 g/mol. The van der Waals surface area contributed by atoms with E-state index < -0.39 is 0 Å². The molecule has 1 aliphatic heterocycles. The Bertz CT molecular complexity index is 716. The van der Waals surface area contributed by atoms with Crippen molar-refractivity contribution in [3.05, 3.63) is 54.6 Å². The fourth-order valence-electron chi connectivity index (χ4n) is 3.08. The van der Waals surface area contributed by atoms with Crippen molar-refractivity contribution in [2.45, 2.75) is 0 Å². The first-order chi connectivity index (χ1) is 13.2. The number of benzene rings is 2. The van der Waals surface area contributed by atoms with Gasteiger partial charge in [0.25, 0.3) is 0 Å². The van der Waals surface area contributed by atoms with Crippen molar-refractivity contribution >= 4 is 11.6 Å². The molecule has 0 radical (unpaired) electrons. The SMILES string of the molecule is COc1cccc(NC(=O)CN2CCN(CCOc3ccccc3)CC2)c1. The lowest BCUT2D eigenvalue weighted by Gasteiger charge is -2.34. The number of methoxy groups -OCH3 is 1. The van der Waals surface area contributed by atoms with Crippen LogP contribution in [0, 0.1) is 0 Å². The molecular formula is C21H27N3O3. The molecule has 27 heavy (non-hydrogen) atoms. The lowest BCUT2D eigenvalue weighted by Crippen LogP contribution is -2.49. The van der Waals surface area contributed by atoms with Crippen LogP contribution in [0.2, 0.25) is 0 Å². The number of anilines is 1. The van der Waals surface area contributed by atoms with Crippen molar-refractivity contribution < 1.29 is 14.3 Å². The van der Waals surface area contributed by atoms with E-state index in [2.05, 4.69) is 15.1 Å². The number of nitrogens with zero attached hydrogens (tertiary/aromatic N) is 2. The van der Waals surface area contributed by atoms with Crippen molar-refractivity contribution in [1.82, 2.24) is 9.80 Å². The molecule has 0 saturated carbocycles. The normalized spacial score (nSPS) is 15.3. The fourth-order valence-corrected chi connectivity index (χ4v) is 3.08. The van der Waals surface area contributed by atoms with Gasteiger partial charge in [-0.3, -0.25) is 14.6 Å². The fraction of sp³-hybridized carbons (Fsp3) is 0.381. The number of amides is 1. The van der Waals surface area contributed by atoms with Crippen molar-refractivity contribution in [2.24, 2.45) is 0 Å². The monoisotopic (exact) mass is 369 g/mol. The minimum atomic E-state index is 0.00381. The maximum Gasteiger partial charge on any atom is 0.238 e. The summed E-state index contributed by atoms with van der Waals surface area (Å²) in [6, 6.07) is 17.3. The van der Waals surface area contributed by atoms with Gasteiger partial charge in [0.1, 0.15) is 18.1 Å². The number of hydrogen-bond acceptors (Lipinski definition) is 5. The standard InChI is InChI=1S/C21H27N3O3/c1-26-20-9-5-6-18(16-20)22-21(25)17-24-12-10-23(11-13-24)14-15-27-19-7-3-2-4-8-19/h2-9,16H,10-15,17H2,1H3,(H,22,25). The summed E-state index contributed by atoms with van der Waals surface area (Å²) in [5.74, 6) is 1.65. The van der Waals surface area contributed by atoms with Gasteiger partial charge in [-0.05, 0) is 24.3 Å². The highest BCUT2D eigenvalue weighted by Crippen LogP contribution is 2.16. The Kier molecular flexibility index (Phi) is 7.07. The predicted molar refractivity (Wildman–Crippen MR) is 106 cm³/mol. The quantitative estimate of drug-likeness (QED) is 0.774. The molecule has 1 fully saturated rings. The minimum absolute atomic E-state index is 0.00381. The third-order valence-electron chi connectivity index (χ3n) is 4.61. The lowest BCUT2D eigenvalue weighted by molar-refractivity contribution is -0.117. The van der Waals surface area contributed by atoms with Gasteiger partial charge in [-0.15, -0.1) is 0 Å². The Balaban J connectivity index is 1.34. The molecule has 1 heterocycles. The average Bonchev–Trinajstić information content (AvgIpc) is 2.70. The van der Waals surface area contributed by atoms with Crippen molar-refractivity contribution in [3.63, 3.8) is 0 Å². The summed E-state index contributed by atoms with van der Waals surface area (Å²) in [6.45, 7) is 5.66. The number of rotatable bonds is 8. The van der Waals surface area contributed by atoms with Crippen LogP contribution >= 0.6 is 0 Å². The lowest BCUT2D eigenvalue weighted by atomic mass is 10.3. The van der Waals surface area contributed by atoms with Gasteiger partial charge in [0.2, 0.25) is 5.91 Å². The first kappa shape index (κ1) is 19.2. The highest BCUT2D eigenvalue weighted by Gasteiger charge is 2.19. The summed E-state index contributed by atoms with van der Waals surface area (Å²) < 4.78 is 10.9. The average molecular weight is 369 g/mol. The van der Waals surface area contributed by atoms with E-state index in [4.69, 9.17) is 9.47 Å². The number of ether oxygens (including phenoxy) is 2. The van der Waals surface area contributed by atoms with Gasteiger partial charge < -0.3 is 14.8 Å². The first-order valence-corrected chi connectivity index (χ1v) is 9.29. The van der Waals surface area contributed by atoms with Crippen LogP contribution in [0.1, 0.15) is 0 Å². The number of hydrogen-bond donors (Lipinski definition) is 1. The van der Waals surface area contributed by atoms with E-state index in [0.717, 1.165) is 49.9 Å². The third kappa shape index (κ3) is 6.27. The molecule has 1 saturated heterocycles. The van der Waals surface area contributed by atoms with Crippen LogP contribution in [0.3, 0.4) is 0 Å². The summed E-state index contributed by atoms with van der Waals surface area (Å²) in [7, 11) is 1.62. The Morgan fingerprint density at radius 3 is 2.41 bits per heavy atom. The third-order valence-corrected chi connectivity index (χ3v) is 4.61. The largest absolute Gasteiger partial charge is 0.497 e. The van der Waals surface area contributed by atoms with Crippen LogP contribution in [0.5, 0.6) is 11.5 Å². The molecule has 6 heteroatoms. The maximum atomic E-state index is 12.3. The molecule has 1 N–H and O–H groups in total. The number of para-hydroxylation sites is 1. The molecule has 1 aliphatic rings. The van der Waals surface area contributed by atoms with E-state index in [1.165, 1.54) is 0 Å². The van der Waals surface area contributed by atoms with Gasteiger partial charge >= 0.3 is 0 Å². The molecule has 0 atom stereocenters. The predicted octanol–water partition coefficient (Wildman–Crippen LogP) is 2.33. The summed E-state index contributed by atoms with van der Waals surface area (Å²) >= 11 is 0. The van der Waals surface area contributed by atoms with Gasteiger partial charge in [-0.25, -0.2) is 0 Å². The molecule has 2 aromatic carbocycles. The van der Waals surface area contributed by atoms with Crippen LogP contribution < -0.4 is 14.8 Å². The van der Waals surface area contributed by atoms with Crippen molar-refractivity contribution in [2.75, 3.05) is 58.3 Å². The van der Waals surface area contributed by atoms with Gasteiger partial charge in [0.05, 0.1) is 13.7 Å². The Labute approximate surface area is 160 Å². The first-order valence-electron chi connectivity index (χ1n) is 9.29. The summed E-state index contributed by atoms with van der Waals surface area (Å²) in [5.41, 5.74) is 0.760. The zero-order chi connectivity index (χ0) is 18.9. The Hall–Kier alpha value is -2.57. The highest BCUT2D eigenvalue weighted by atomic mass is 16.5. The smallest absolute Gasteiger partial charge is 0.238 e. The number of piperazine rings is 1. The molecule has 0 spiro atoms. The van der Waals surface area contributed by atoms with E-state index in [9.17, 15) is 4.79 Å². The molecule has 0 bridgehead atoms. The van der Waals surface area contributed by atoms with Gasteiger partial charge in [-0.2, -0.15) is 0 Å². The van der Waals surface area contributed by atoms with Crippen LogP contribution in [-0.2, 0) is 4.79 Å². The number of carbonyl (C=O) groups excluding carboxylic acids is 1. The highest BCUT2D eigenvalue weighted by molar-refractivity contribution is 5.92. The van der Waals surface area contributed by atoms with Gasteiger partial charge in [0.15, 0.2) is 0 Å². The van der Waals surface area contributed by atoms with Crippen LogP contribution in [0.25, 0.3) is 0 Å². The van der Waals surface area contributed by atoms with Crippen molar-refractivity contribution in [1.29, 1.82) is 0 Å². The summed E-state index contributed by atoms with van der Waals surface area (Å²) in [6.07, 6.45) is 0. The summed E-state index contributed by atoms with van der Waals surface area (Å²) in [4.78, 5) is 16.8. The topological polar surface area (TPSA) is 54.0 Å². The second-order valence-corrected chi connectivity index (χ2v) is 6.56. The van der Waals surface area contributed by atoms with Crippen LogP contribution in [0.4, 0.5) is 5.69 Å². The zero-order valence-corrected chi connectivity index (χ0v) is 15.8. The second kappa shape index (κ2) is 9.94. The molecule has 0 aliphatic carbocycles. The minimum Gasteiger partial charge on any atom is -0.497 e. The molecule has 3 rings (SSSR count). The zero-order valence-electron chi connectivity index (χ0n) is 15.8. The Morgan fingerprint density at radius 2 is 1.67 bits per heavy atom. The summed E-state index contributed by atoms with van der Waals surface area (Å²) in [5, 5.41) is 2.93. The van der Waals surface area contributed by atoms with Gasteiger partial charge in [0, 0.05) is 44.5 Å². The van der Waals surface area contributed by atoms with E-state index in [0.29, 0.717) is 13.2 Å².